The highest BCUT2D eigenvalue weighted by Gasteiger charge is 2.03. The Hall–Kier alpha value is -1.33. The molecule has 1 aromatic rings. The van der Waals surface area contributed by atoms with Crippen LogP contribution < -0.4 is 0 Å². The molecule has 2 heteroatoms. The highest BCUT2D eigenvalue weighted by Crippen LogP contribution is 2.10. The minimum atomic E-state index is -0.0170. The van der Waals surface area contributed by atoms with Crippen molar-refractivity contribution in [1.29, 1.82) is 0 Å². The van der Waals surface area contributed by atoms with Crippen molar-refractivity contribution in [3.63, 3.8) is 0 Å². The quantitative estimate of drug-likeness (QED) is 0.685. The van der Waals surface area contributed by atoms with Crippen LogP contribution in [-0.4, -0.2) is 10.1 Å². The Bertz CT molecular complexity index is 366. The van der Waals surface area contributed by atoms with Gasteiger partial charge in [0, 0.05) is 11.6 Å². The summed E-state index contributed by atoms with van der Waals surface area (Å²) >= 11 is 0. The monoisotopic (exact) mass is 189 g/mol. The van der Waals surface area contributed by atoms with E-state index in [0.29, 0.717) is 5.69 Å². The van der Waals surface area contributed by atoms with E-state index >= 15 is 0 Å². The lowest BCUT2D eigenvalue weighted by molar-refractivity contribution is 0.281. The first kappa shape index (κ1) is 10.7. The van der Waals surface area contributed by atoms with E-state index in [9.17, 15) is 0 Å². The number of aromatic nitrogens is 1. The van der Waals surface area contributed by atoms with Crippen LogP contribution in [0.25, 0.3) is 0 Å². The van der Waals surface area contributed by atoms with Gasteiger partial charge in [-0.05, 0) is 44.4 Å². The van der Waals surface area contributed by atoms with Crippen molar-refractivity contribution in [2.45, 2.75) is 27.4 Å². The second-order valence-electron chi connectivity index (χ2n) is 4.21. The second kappa shape index (κ2) is 4.26. The van der Waals surface area contributed by atoms with Gasteiger partial charge in [-0.1, -0.05) is 5.92 Å². The van der Waals surface area contributed by atoms with Crippen LogP contribution in [0.15, 0.2) is 18.3 Å². The predicted octanol–water partition coefficient (Wildman–Crippen LogP) is 1.97. The summed E-state index contributed by atoms with van der Waals surface area (Å²) in [6.45, 7) is 6.19. The maximum absolute atomic E-state index is 8.91. The smallest absolute Gasteiger partial charge is 0.113 e. The molecule has 0 saturated heterocycles. The minimum absolute atomic E-state index is 0.0170. The van der Waals surface area contributed by atoms with E-state index < -0.39 is 0 Å². The summed E-state index contributed by atoms with van der Waals surface area (Å²) in [6.07, 6.45) is 1.66. The molecule has 0 aliphatic heterocycles. The average molecular weight is 189 g/mol. The SMILES string of the molecule is CC(C)(C)C#Cc1cc(CO)ccn1. The molecule has 0 unspecified atom stereocenters. The average Bonchev–Trinajstić information content (AvgIpc) is 2.14. The van der Waals surface area contributed by atoms with E-state index in [4.69, 9.17) is 5.11 Å². The maximum atomic E-state index is 8.91. The molecule has 1 rings (SSSR count). The topological polar surface area (TPSA) is 33.1 Å². The zero-order valence-electron chi connectivity index (χ0n) is 8.83. The highest BCUT2D eigenvalue weighted by atomic mass is 16.3. The van der Waals surface area contributed by atoms with Gasteiger partial charge in [0.15, 0.2) is 0 Å². The molecule has 74 valence electrons. The molecule has 0 radical (unpaired) electrons. The second-order valence-corrected chi connectivity index (χ2v) is 4.21. The summed E-state index contributed by atoms with van der Waals surface area (Å²) in [4.78, 5) is 4.11. The number of hydrogen-bond acceptors (Lipinski definition) is 2. The van der Waals surface area contributed by atoms with Gasteiger partial charge in [0.25, 0.3) is 0 Å². The maximum Gasteiger partial charge on any atom is 0.113 e. The van der Waals surface area contributed by atoms with Crippen molar-refractivity contribution in [2.24, 2.45) is 5.41 Å². The zero-order valence-corrected chi connectivity index (χ0v) is 8.83. The standard InChI is InChI=1S/C12H15NO/c1-12(2,3)6-4-11-8-10(9-14)5-7-13-11/h5,7-8,14H,9H2,1-3H3. The molecule has 0 aliphatic rings. The molecule has 0 spiro atoms. The lowest BCUT2D eigenvalue weighted by atomic mass is 9.98. The van der Waals surface area contributed by atoms with E-state index in [0.717, 1.165) is 5.56 Å². The van der Waals surface area contributed by atoms with E-state index in [1.165, 1.54) is 0 Å². The Morgan fingerprint density at radius 1 is 1.43 bits per heavy atom. The van der Waals surface area contributed by atoms with Crippen molar-refractivity contribution in [3.05, 3.63) is 29.6 Å². The lowest BCUT2D eigenvalue weighted by Gasteiger charge is -2.06. The van der Waals surface area contributed by atoms with Gasteiger partial charge in [0.2, 0.25) is 0 Å². The number of hydrogen-bond donors (Lipinski definition) is 1. The first-order chi connectivity index (χ1) is 6.51. The molecular formula is C12H15NO. The highest BCUT2D eigenvalue weighted by molar-refractivity contribution is 5.31. The summed E-state index contributed by atoms with van der Waals surface area (Å²) in [5.41, 5.74) is 1.54. The van der Waals surface area contributed by atoms with Gasteiger partial charge in [-0.15, -0.1) is 0 Å². The fourth-order valence-corrected chi connectivity index (χ4v) is 0.893. The molecule has 0 amide bonds. The van der Waals surface area contributed by atoms with E-state index in [-0.39, 0.29) is 12.0 Å². The van der Waals surface area contributed by atoms with Crippen LogP contribution in [0.4, 0.5) is 0 Å². The molecule has 0 atom stereocenters. The molecule has 0 fully saturated rings. The van der Waals surface area contributed by atoms with Gasteiger partial charge in [0.1, 0.15) is 5.69 Å². The Kier molecular flexibility index (Phi) is 3.27. The largest absolute Gasteiger partial charge is 0.392 e. The number of aliphatic hydroxyl groups is 1. The zero-order chi connectivity index (χ0) is 10.6. The number of nitrogens with zero attached hydrogens (tertiary/aromatic N) is 1. The first-order valence-electron chi connectivity index (χ1n) is 4.60. The predicted molar refractivity (Wildman–Crippen MR) is 56.5 cm³/mol. The number of aliphatic hydroxyl groups excluding tert-OH is 1. The third-order valence-electron chi connectivity index (χ3n) is 1.57. The van der Waals surface area contributed by atoms with E-state index in [1.807, 2.05) is 0 Å². The fraction of sp³-hybridized carbons (Fsp3) is 0.417. The van der Waals surface area contributed by atoms with Crippen LogP contribution in [0, 0.1) is 17.3 Å². The number of pyridine rings is 1. The molecular weight excluding hydrogens is 174 g/mol. The van der Waals surface area contributed by atoms with Gasteiger partial charge >= 0.3 is 0 Å². The molecule has 2 nitrogen and oxygen atoms in total. The van der Waals surface area contributed by atoms with Crippen molar-refractivity contribution < 1.29 is 5.11 Å². The van der Waals surface area contributed by atoms with E-state index in [2.05, 4.69) is 37.6 Å². The molecule has 14 heavy (non-hydrogen) atoms. The summed E-state index contributed by atoms with van der Waals surface area (Å²) in [5.74, 6) is 6.08. The Labute approximate surface area is 85.0 Å². The molecule has 0 aliphatic carbocycles. The van der Waals surface area contributed by atoms with Gasteiger partial charge in [-0.2, -0.15) is 0 Å². The van der Waals surface area contributed by atoms with Crippen LogP contribution in [0.2, 0.25) is 0 Å². The summed E-state index contributed by atoms with van der Waals surface area (Å²) < 4.78 is 0. The van der Waals surface area contributed by atoms with Gasteiger partial charge in [-0.25, -0.2) is 4.98 Å². The van der Waals surface area contributed by atoms with Crippen molar-refractivity contribution in [3.8, 4) is 11.8 Å². The van der Waals surface area contributed by atoms with E-state index in [1.54, 1.807) is 18.3 Å². The van der Waals surface area contributed by atoms with Crippen LogP contribution in [-0.2, 0) is 6.61 Å². The Morgan fingerprint density at radius 3 is 2.71 bits per heavy atom. The summed E-state index contributed by atoms with van der Waals surface area (Å²) in [6, 6.07) is 3.58. The molecule has 0 saturated carbocycles. The third kappa shape index (κ3) is 3.59. The van der Waals surface area contributed by atoms with Crippen molar-refractivity contribution >= 4 is 0 Å². The number of rotatable bonds is 1. The Morgan fingerprint density at radius 2 is 2.14 bits per heavy atom. The summed E-state index contributed by atoms with van der Waals surface area (Å²) in [7, 11) is 0. The molecule has 1 heterocycles. The third-order valence-corrected chi connectivity index (χ3v) is 1.57. The van der Waals surface area contributed by atoms with Gasteiger partial charge < -0.3 is 5.11 Å². The molecule has 0 bridgehead atoms. The lowest BCUT2D eigenvalue weighted by Crippen LogP contribution is -1.99. The van der Waals surface area contributed by atoms with Crippen molar-refractivity contribution in [2.75, 3.05) is 0 Å². The van der Waals surface area contributed by atoms with Crippen LogP contribution >= 0.6 is 0 Å². The van der Waals surface area contributed by atoms with Crippen LogP contribution in [0.5, 0.6) is 0 Å². The van der Waals surface area contributed by atoms with Crippen LogP contribution in [0.3, 0.4) is 0 Å². The molecule has 0 aromatic carbocycles. The van der Waals surface area contributed by atoms with Crippen LogP contribution in [0.1, 0.15) is 32.0 Å². The fourth-order valence-electron chi connectivity index (χ4n) is 0.893. The molecule has 1 aromatic heterocycles. The summed E-state index contributed by atoms with van der Waals surface area (Å²) in [5, 5.41) is 8.91. The normalized spacial score (nSPS) is 10.6. The van der Waals surface area contributed by atoms with Gasteiger partial charge in [0.05, 0.1) is 6.61 Å². The minimum Gasteiger partial charge on any atom is -0.392 e. The Balaban J connectivity index is 2.90. The van der Waals surface area contributed by atoms with Gasteiger partial charge in [-0.3, -0.25) is 0 Å². The first-order valence-corrected chi connectivity index (χ1v) is 4.60. The van der Waals surface area contributed by atoms with Crippen molar-refractivity contribution in [1.82, 2.24) is 4.98 Å². The molecule has 1 N–H and O–H groups in total.